The van der Waals surface area contributed by atoms with Crippen LogP contribution in [0, 0.1) is 0 Å². The zero-order chi connectivity index (χ0) is 11.4. The van der Waals surface area contributed by atoms with Crippen molar-refractivity contribution in [2.24, 2.45) is 5.73 Å². The van der Waals surface area contributed by atoms with Crippen LogP contribution in [0.1, 0.15) is 16.8 Å². The third-order valence-electron chi connectivity index (χ3n) is 1.89. The molecule has 1 rings (SSSR count). The summed E-state index contributed by atoms with van der Waals surface area (Å²) in [7, 11) is 0. The maximum absolute atomic E-state index is 11.5. The summed E-state index contributed by atoms with van der Waals surface area (Å²) in [4.78, 5) is 21.9. The van der Waals surface area contributed by atoms with E-state index in [9.17, 15) is 9.59 Å². The molecule has 0 bridgehead atoms. The van der Waals surface area contributed by atoms with E-state index in [0.717, 1.165) is 0 Å². The molecule has 80 valence electrons. The molecular weight excluding hydrogens is 218 g/mol. The highest BCUT2D eigenvalue weighted by Crippen LogP contribution is 2.11. The summed E-state index contributed by atoms with van der Waals surface area (Å²) in [6.07, 6.45) is -0.211. The zero-order valence-electron chi connectivity index (χ0n) is 7.81. The minimum Gasteiger partial charge on any atom is -0.480 e. The van der Waals surface area contributed by atoms with Gasteiger partial charge in [-0.05, 0) is 24.3 Å². The number of nitrogens with two attached hydrogens (primary N) is 1. The summed E-state index contributed by atoms with van der Waals surface area (Å²) in [6, 6.07) is 5.06. The Morgan fingerprint density at radius 2 is 1.87 bits per heavy atom. The second-order valence-electron chi connectivity index (χ2n) is 3.08. The predicted molar refractivity (Wildman–Crippen MR) is 56.0 cm³/mol. The predicted octanol–water partition coefficient (Wildman–Crippen LogP) is 1.32. The van der Waals surface area contributed by atoms with Crippen molar-refractivity contribution in [3.8, 4) is 0 Å². The average Bonchev–Trinajstić information content (AvgIpc) is 2.18. The van der Waals surface area contributed by atoms with E-state index in [4.69, 9.17) is 22.4 Å². The lowest BCUT2D eigenvalue weighted by atomic mass is 10.0. The van der Waals surface area contributed by atoms with Crippen molar-refractivity contribution in [1.82, 2.24) is 0 Å². The van der Waals surface area contributed by atoms with Gasteiger partial charge in [0.15, 0.2) is 5.78 Å². The van der Waals surface area contributed by atoms with Gasteiger partial charge in [0.25, 0.3) is 0 Å². The quantitative estimate of drug-likeness (QED) is 0.761. The first-order valence-electron chi connectivity index (χ1n) is 4.28. The number of hydrogen-bond acceptors (Lipinski definition) is 3. The largest absolute Gasteiger partial charge is 0.480 e. The third kappa shape index (κ3) is 3.34. The summed E-state index contributed by atoms with van der Waals surface area (Å²) >= 11 is 5.64. The molecule has 3 N–H and O–H groups in total. The monoisotopic (exact) mass is 227 g/mol. The molecule has 15 heavy (non-hydrogen) atoms. The summed E-state index contributed by atoms with van der Waals surface area (Å²) < 4.78 is 0. The molecule has 1 aromatic rings. The van der Waals surface area contributed by atoms with Gasteiger partial charge in [0.2, 0.25) is 0 Å². The molecule has 0 saturated carbocycles. The molecule has 4 nitrogen and oxygen atoms in total. The fraction of sp³-hybridized carbons (Fsp3) is 0.200. The van der Waals surface area contributed by atoms with Crippen molar-refractivity contribution >= 4 is 23.4 Å². The van der Waals surface area contributed by atoms with E-state index in [-0.39, 0.29) is 12.2 Å². The summed E-state index contributed by atoms with van der Waals surface area (Å²) in [5.41, 5.74) is 5.65. The maximum atomic E-state index is 11.5. The topological polar surface area (TPSA) is 80.4 Å². The van der Waals surface area contributed by atoms with E-state index in [0.29, 0.717) is 10.6 Å². The Kier molecular flexibility index (Phi) is 3.82. The van der Waals surface area contributed by atoms with Crippen molar-refractivity contribution in [1.29, 1.82) is 0 Å². The van der Waals surface area contributed by atoms with E-state index in [1.165, 1.54) is 0 Å². The molecule has 1 aromatic carbocycles. The van der Waals surface area contributed by atoms with E-state index in [1.807, 2.05) is 0 Å². The number of carboxylic acids is 1. The highest BCUT2D eigenvalue weighted by atomic mass is 35.5. The molecule has 0 aliphatic carbocycles. The number of hydrogen-bond donors (Lipinski definition) is 2. The summed E-state index contributed by atoms with van der Waals surface area (Å²) in [5.74, 6) is -1.49. The molecule has 5 heteroatoms. The lowest BCUT2D eigenvalue weighted by Gasteiger charge is -2.05. The molecule has 0 radical (unpaired) electrons. The minimum atomic E-state index is -1.18. The molecule has 0 aromatic heterocycles. The Morgan fingerprint density at radius 1 is 1.33 bits per heavy atom. The minimum absolute atomic E-state index is 0.211. The van der Waals surface area contributed by atoms with Gasteiger partial charge in [0, 0.05) is 17.0 Å². The first-order chi connectivity index (χ1) is 7.00. The highest BCUT2D eigenvalue weighted by Gasteiger charge is 2.17. The van der Waals surface area contributed by atoms with Crippen LogP contribution in [0.2, 0.25) is 5.02 Å². The molecule has 0 amide bonds. The molecule has 0 aliphatic heterocycles. The number of carbonyl (C=O) groups excluding carboxylic acids is 1. The lowest BCUT2D eigenvalue weighted by molar-refractivity contribution is -0.138. The molecule has 0 spiro atoms. The number of ketones is 1. The molecule has 1 atom stereocenters. The van der Waals surface area contributed by atoms with Crippen molar-refractivity contribution in [2.45, 2.75) is 12.5 Å². The molecule has 0 saturated heterocycles. The zero-order valence-corrected chi connectivity index (χ0v) is 8.57. The van der Waals surface area contributed by atoms with Crippen molar-refractivity contribution in [3.05, 3.63) is 34.9 Å². The Hall–Kier alpha value is -1.39. The van der Waals surface area contributed by atoms with E-state index in [1.54, 1.807) is 24.3 Å². The normalized spacial score (nSPS) is 12.1. The molecule has 0 fully saturated rings. The van der Waals surface area contributed by atoms with Gasteiger partial charge in [0.1, 0.15) is 6.04 Å². The fourth-order valence-corrected chi connectivity index (χ4v) is 1.17. The number of aliphatic carboxylic acids is 1. The van der Waals surface area contributed by atoms with Gasteiger partial charge in [-0.3, -0.25) is 9.59 Å². The van der Waals surface area contributed by atoms with Crippen LogP contribution < -0.4 is 5.73 Å². The van der Waals surface area contributed by atoms with Gasteiger partial charge in [-0.25, -0.2) is 0 Å². The van der Waals surface area contributed by atoms with Gasteiger partial charge in [0.05, 0.1) is 0 Å². The SMILES string of the molecule is N[C@@H](CC(=O)c1ccc(Cl)cc1)C(=O)O. The van der Waals surface area contributed by atoms with E-state index in [2.05, 4.69) is 0 Å². The Balaban J connectivity index is 2.69. The number of benzene rings is 1. The first kappa shape index (κ1) is 11.7. The average molecular weight is 228 g/mol. The van der Waals surface area contributed by atoms with Crippen LogP contribution in [0.25, 0.3) is 0 Å². The molecule has 0 unspecified atom stereocenters. The molecule has 0 heterocycles. The second kappa shape index (κ2) is 4.91. The van der Waals surface area contributed by atoms with E-state index >= 15 is 0 Å². The summed E-state index contributed by atoms with van der Waals surface area (Å²) in [6.45, 7) is 0. The Bertz CT molecular complexity index is 375. The van der Waals surface area contributed by atoms with Gasteiger partial charge < -0.3 is 10.8 Å². The number of rotatable bonds is 4. The Labute approximate surface area is 91.7 Å². The molecular formula is C10H10ClNO3. The van der Waals surface area contributed by atoms with Gasteiger partial charge >= 0.3 is 5.97 Å². The number of carbonyl (C=O) groups is 2. The van der Waals surface area contributed by atoms with Crippen LogP contribution in [0.15, 0.2) is 24.3 Å². The van der Waals surface area contributed by atoms with Crippen molar-refractivity contribution < 1.29 is 14.7 Å². The third-order valence-corrected chi connectivity index (χ3v) is 2.14. The van der Waals surface area contributed by atoms with Gasteiger partial charge in [-0.15, -0.1) is 0 Å². The fourth-order valence-electron chi connectivity index (χ4n) is 1.04. The van der Waals surface area contributed by atoms with Crippen LogP contribution in [0.5, 0.6) is 0 Å². The van der Waals surface area contributed by atoms with Crippen molar-refractivity contribution in [3.63, 3.8) is 0 Å². The number of carboxylic acid groups (broad SMARTS) is 1. The lowest BCUT2D eigenvalue weighted by Crippen LogP contribution is -2.32. The van der Waals surface area contributed by atoms with Gasteiger partial charge in [-0.2, -0.15) is 0 Å². The molecule has 0 aliphatic rings. The van der Waals surface area contributed by atoms with Crippen LogP contribution in [0.3, 0.4) is 0 Å². The highest BCUT2D eigenvalue weighted by molar-refractivity contribution is 6.30. The second-order valence-corrected chi connectivity index (χ2v) is 3.52. The van der Waals surface area contributed by atoms with Crippen LogP contribution in [-0.2, 0) is 4.79 Å². The number of Topliss-reactive ketones (excluding diaryl/α,β-unsaturated/α-hetero) is 1. The van der Waals surface area contributed by atoms with Gasteiger partial charge in [-0.1, -0.05) is 11.6 Å². The first-order valence-corrected chi connectivity index (χ1v) is 4.65. The van der Waals surface area contributed by atoms with Crippen LogP contribution in [-0.4, -0.2) is 22.9 Å². The number of halogens is 1. The van der Waals surface area contributed by atoms with Crippen LogP contribution in [0.4, 0.5) is 0 Å². The Morgan fingerprint density at radius 3 is 2.33 bits per heavy atom. The standard InChI is InChI=1S/C10H10ClNO3/c11-7-3-1-6(2-4-7)9(13)5-8(12)10(14)15/h1-4,8H,5,12H2,(H,14,15)/t8-/m0/s1. The van der Waals surface area contributed by atoms with Crippen molar-refractivity contribution in [2.75, 3.05) is 0 Å². The smallest absolute Gasteiger partial charge is 0.320 e. The maximum Gasteiger partial charge on any atom is 0.320 e. The van der Waals surface area contributed by atoms with Crippen LogP contribution >= 0.6 is 11.6 Å². The summed E-state index contributed by atoms with van der Waals surface area (Å²) in [5, 5.41) is 9.05. The van der Waals surface area contributed by atoms with E-state index < -0.39 is 12.0 Å².